The molecule has 108 valence electrons. The lowest BCUT2D eigenvalue weighted by atomic mass is 10.00. The molecule has 1 rings (SSSR count). The summed E-state index contributed by atoms with van der Waals surface area (Å²) in [5.41, 5.74) is 0.815. The Morgan fingerprint density at radius 1 is 1.50 bits per heavy atom. The average Bonchev–Trinajstić information content (AvgIpc) is 2.48. The molecule has 1 aromatic rings. The number of rotatable bonds is 7. The predicted molar refractivity (Wildman–Crippen MR) is 82.2 cm³/mol. The molecule has 1 aromatic heterocycles. The number of hydrogen-bond donors (Lipinski definition) is 2. The van der Waals surface area contributed by atoms with Crippen LogP contribution in [0.15, 0.2) is 29.5 Å². The maximum Gasteiger partial charge on any atom is 0.209 e. The Hall–Kier alpha value is -2.09. The van der Waals surface area contributed by atoms with Crippen molar-refractivity contribution in [3.63, 3.8) is 0 Å². The molecule has 0 spiro atoms. The third-order valence-corrected chi connectivity index (χ3v) is 3.15. The fourth-order valence-corrected chi connectivity index (χ4v) is 1.87. The second-order valence-corrected chi connectivity index (χ2v) is 4.71. The molecule has 0 aliphatic heterocycles. The molecule has 0 aliphatic rings. The van der Waals surface area contributed by atoms with E-state index >= 15 is 0 Å². The quantitative estimate of drug-likeness (QED) is 0.346. The van der Waals surface area contributed by atoms with Crippen LogP contribution in [-0.4, -0.2) is 17.5 Å². The van der Waals surface area contributed by atoms with Crippen molar-refractivity contribution < 1.29 is 0 Å². The van der Waals surface area contributed by atoms with Crippen molar-refractivity contribution in [2.75, 3.05) is 11.9 Å². The van der Waals surface area contributed by atoms with E-state index in [4.69, 9.17) is 5.26 Å². The van der Waals surface area contributed by atoms with Crippen molar-refractivity contribution >= 4 is 11.6 Å². The molecule has 1 unspecified atom stereocenters. The van der Waals surface area contributed by atoms with Gasteiger partial charge in [-0.2, -0.15) is 5.26 Å². The van der Waals surface area contributed by atoms with Crippen molar-refractivity contribution in [2.45, 2.75) is 39.5 Å². The lowest BCUT2D eigenvalue weighted by molar-refractivity contribution is 0.462. The molecule has 0 saturated heterocycles. The van der Waals surface area contributed by atoms with Crippen molar-refractivity contribution in [2.24, 2.45) is 10.9 Å². The van der Waals surface area contributed by atoms with Crippen LogP contribution in [0.1, 0.15) is 39.5 Å². The first-order chi connectivity index (χ1) is 9.80. The monoisotopic (exact) mass is 273 g/mol. The third-order valence-electron chi connectivity index (χ3n) is 3.15. The summed E-state index contributed by atoms with van der Waals surface area (Å²) in [5.74, 6) is 1.05. The zero-order valence-electron chi connectivity index (χ0n) is 12.3. The van der Waals surface area contributed by atoms with Gasteiger partial charge in [0.1, 0.15) is 0 Å². The highest BCUT2D eigenvalue weighted by molar-refractivity contribution is 5.94. The van der Waals surface area contributed by atoms with E-state index in [1.807, 2.05) is 18.3 Å². The van der Waals surface area contributed by atoms with Gasteiger partial charge in [0.2, 0.25) is 5.96 Å². The van der Waals surface area contributed by atoms with E-state index in [9.17, 15) is 0 Å². The number of anilines is 1. The van der Waals surface area contributed by atoms with Gasteiger partial charge in [-0.1, -0.05) is 33.1 Å². The summed E-state index contributed by atoms with van der Waals surface area (Å²) in [6.45, 7) is 5.11. The summed E-state index contributed by atoms with van der Waals surface area (Å²) in [6.07, 6.45) is 10.0. The number of guanidine groups is 1. The van der Waals surface area contributed by atoms with Gasteiger partial charge >= 0.3 is 0 Å². The van der Waals surface area contributed by atoms with Crippen LogP contribution in [-0.2, 0) is 0 Å². The molecule has 1 atom stereocenters. The molecule has 5 heteroatoms. The van der Waals surface area contributed by atoms with Gasteiger partial charge < -0.3 is 5.32 Å². The van der Waals surface area contributed by atoms with Crippen molar-refractivity contribution in [1.82, 2.24) is 10.3 Å². The van der Waals surface area contributed by atoms with Crippen molar-refractivity contribution in [3.8, 4) is 6.19 Å². The second kappa shape index (κ2) is 9.79. The van der Waals surface area contributed by atoms with E-state index in [2.05, 4.69) is 34.5 Å². The minimum Gasteiger partial charge on any atom is -0.324 e. The highest BCUT2D eigenvalue weighted by Gasteiger charge is 2.06. The first-order valence-corrected chi connectivity index (χ1v) is 7.16. The molecule has 2 N–H and O–H groups in total. The number of aromatic nitrogens is 1. The molecule has 0 bridgehead atoms. The molecule has 1 heterocycles. The van der Waals surface area contributed by atoms with E-state index in [0.29, 0.717) is 11.9 Å². The van der Waals surface area contributed by atoms with Gasteiger partial charge in [-0.15, -0.1) is 0 Å². The zero-order valence-corrected chi connectivity index (χ0v) is 12.3. The third kappa shape index (κ3) is 6.19. The first-order valence-electron chi connectivity index (χ1n) is 7.16. The Morgan fingerprint density at radius 2 is 2.35 bits per heavy atom. The fraction of sp³-hybridized carbons (Fsp3) is 0.533. The predicted octanol–water partition coefficient (Wildman–Crippen LogP) is 3.14. The van der Waals surface area contributed by atoms with E-state index < -0.39 is 0 Å². The summed E-state index contributed by atoms with van der Waals surface area (Å²) in [5, 5.41) is 14.4. The van der Waals surface area contributed by atoms with Crippen molar-refractivity contribution in [3.05, 3.63) is 24.5 Å². The molecule has 20 heavy (non-hydrogen) atoms. The number of hydrogen-bond acceptors (Lipinski definition) is 3. The van der Waals surface area contributed by atoms with Crippen LogP contribution < -0.4 is 10.6 Å². The Labute approximate surface area is 121 Å². The zero-order chi connectivity index (χ0) is 14.6. The number of aliphatic imine (C=N–C) groups is 1. The molecule has 0 radical (unpaired) electrons. The Balaban J connectivity index is 2.60. The van der Waals surface area contributed by atoms with Crippen LogP contribution >= 0.6 is 0 Å². The molecule has 5 nitrogen and oxygen atoms in total. The fourth-order valence-electron chi connectivity index (χ4n) is 1.87. The second-order valence-electron chi connectivity index (χ2n) is 4.71. The maximum atomic E-state index is 8.78. The topological polar surface area (TPSA) is 73.1 Å². The first kappa shape index (κ1) is 16.0. The summed E-state index contributed by atoms with van der Waals surface area (Å²) in [4.78, 5) is 8.50. The average molecular weight is 273 g/mol. The van der Waals surface area contributed by atoms with Gasteiger partial charge in [0.25, 0.3) is 0 Å². The van der Waals surface area contributed by atoms with Crippen molar-refractivity contribution in [1.29, 1.82) is 5.26 Å². The molecular weight excluding hydrogens is 250 g/mol. The Bertz CT molecular complexity index is 435. The normalized spacial score (nSPS) is 12.6. The highest BCUT2D eigenvalue weighted by atomic mass is 15.2. The van der Waals surface area contributed by atoms with Gasteiger partial charge in [-0.05, 0) is 24.5 Å². The summed E-state index contributed by atoms with van der Waals surface area (Å²) < 4.78 is 0. The molecule has 0 aromatic carbocycles. The molecule has 0 amide bonds. The summed E-state index contributed by atoms with van der Waals surface area (Å²) >= 11 is 0. The Morgan fingerprint density at radius 3 is 2.95 bits per heavy atom. The summed E-state index contributed by atoms with van der Waals surface area (Å²) in [7, 11) is 0. The van der Waals surface area contributed by atoms with E-state index in [1.165, 1.54) is 19.3 Å². The standard InChI is InChI=1S/C15H23N5/c1-3-5-7-13(4-2)10-18-15(19-12-16)20-14-8-6-9-17-11-14/h6,8-9,11,13H,3-5,7,10H2,1-2H3,(H2,18,19,20). The van der Waals surface area contributed by atoms with Gasteiger partial charge in [-0.25, -0.2) is 0 Å². The molecule has 0 saturated carbocycles. The smallest absolute Gasteiger partial charge is 0.209 e. The Kier molecular flexibility index (Phi) is 7.82. The van der Waals surface area contributed by atoms with Crippen LogP contribution in [0.25, 0.3) is 0 Å². The van der Waals surface area contributed by atoms with Gasteiger partial charge in [0.15, 0.2) is 6.19 Å². The van der Waals surface area contributed by atoms with Crippen LogP contribution in [0.3, 0.4) is 0 Å². The largest absolute Gasteiger partial charge is 0.324 e. The number of pyridine rings is 1. The van der Waals surface area contributed by atoms with Gasteiger partial charge in [0, 0.05) is 12.7 Å². The lowest BCUT2D eigenvalue weighted by Crippen LogP contribution is -2.27. The SMILES string of the molecule is CCCCC(CC)CN=C(NC#N)Nc1cccnc1. The molecular formula is C15H23N5. The van der Waals surface area contributed by atoms with Gasteiger partial charge in [-0.3, -0.25) is 15.3 Å². The molecule has 0 fully saturated rings. The van der Waals surface area contributed by atoms with Crippen LogP contribution in [0.2, 0.25) is 0 Å². The number of nitrogens with one attached hydrogen (secondary N) is 2. The minimum atomic E-state index is 0.482. The summed E-state index contributed by atoms with van der Waals surface area (Å²) in [6, 6.07) is 3.72. The minimum absolute atomic E-state index is 0.482. The van der Waals surface area contributed by atoms with E-state index in [1.54, 1.807) is 12.4 Å². The molecule has 0 aliphatic carbocycles. The van der Waals surface area contributed by atoms with Crippen LogP contribution in [0.4, 0.5) is 5.69 Å². The highest BCUT2D eigenvalue weighted by Crippen LogP contribution is 2.13. The lowest BCUT2D eigenvalue weighted by Gasteiger charge is -2.13. The van der Waals surface area contributed by atoms with Crippen LogP contribution in [0, 0.1) is 17.4 Å². The number of unbranched alkanes of at least 4 members (excludes halogenated alkanes) is 1. The number of nitrogens with zero attached hydrogens (tertiary/aromatic N) is 3. The maximum absolute atomic E-state index is 8.78. The van der Waals surface area contributed by atoms with Crippen LogP contribution in [0.5, 0.6) is 0 Å². The van der Waals surface area contributed by atoms with E-state index in [-0.39, 0.29) is 0 Å². The van der Waals surface area contributed by atoms with E-state index in [0.717, 1.165) is 18.7 Å². The van der Waals surface area contributed by atoms with Gasteiger partial charge in [0.05, 0.1) is 11.9 Å². The number of nitriles is 1.